The van der Waals surface area contributed by atoms with Gasteiger partial charge in [-0.15, -0.1) is 0 Å². The van der Waals surface area contributed by atoms with Crippen molar-refractivity contribution in [2.75, 3.05) is 0 Å². The monoisotopic (exact) mass is 170 g/mol. The minimum absolute atomic E-state index is 0.0930. The van der Waals surface area contributed by atoms with E-state index >= 15 is 0 Å². The second-order valence-corrected chi connectivity index (χ2v) is 3.13. The first-order chi connectivity index (χ1) is 5.59. The molecule has 12 heavy (non-hydrogen) atoms. The zero-order valence-corrected chi connectivity index (χ0v) is 7.61. The van der Waals surface area contributed by atoms with Crippen molar-refractivity contribution in [1.29, 1.82) is 0 Å². The topological polar surface area (TPSA) is 49.5 Å². The Morgan fingerprint density at radius 1 is 1.67 bits per heavy atom. The fraction of sp³-hybridized carbons (Fsp3) is 0.625. The van der Waals surface area contributed by atoms with Crippen LogP contribution in [0.5, 0.6) is 0 Å². The number of nitrogens with zero attached hydrogens (tertiary/aromatic N) is 2. The molecule has 0 unspecified atom stereocenters. The van der Waals surface area contributed by atoms with E-state index < -0.39 is 0 Å². The van der Waals surface area contributed by atoms with Crippen molar-refractivity contribution < 1.29 is 9.73 Å². The van der Waals surface area contributed by atoms with Crippen LogP contribution in [-0.2, 0) is 6.54 Å². The van der Waals surface area contributed by atoms with Crippen molar-refractivity contribution in [3.05, 3.63) is 17.5 Å². The molecule has 0 aliphatic rings. The summed E-state index contributed by atoms with van der Waals surface area (Å²) >= 11 is 0. The zero-order chi connectivity index (χ0) is 9.14. The molecule has 1 rings (SSSR count). The van der Waals surface area contributed by atoms with Crippen LogP contribution in [0.15, 0.2) is 10.6 Å². The third-order valence-electron chi connectivity index (χ3n) is 1.59. The van der Waals surface area contributed by atoms with Gasteiger partial charge in [-0.1, -0.05) is 5.16 Å². The van der Waals surface area contributed by atoms with Gasteiger partial charge in [-0.05, 0) is 20.8 Å². The fourth-order valence-corrected chi connectivity index (χ4v) is 0.833. The second kappa shape index (κ2) is 3.69. The van der Waals surface area contributed by atoms with Crippen molar-refractivity contribution in [2.45, 2.75) is 33.4 Å². The molecule has 1 aromatic rings. The van der Waals surface area contributed by atoms with Gasteiger partial charge in [0.15, 0.2) is 5.76 Å². The molecule has 4 heteroatoms. The summed E-state index contributed by atoms with van der Waals surface area (Å²) in [6, 6.07) is 1.90. The normalized spacial score (nSPS) is 11.5. The van der Waals surface area contributed by atoms with Crippen LogP contribution in [0, 0.1) is 6.92 Å². The average molecular weight is 170 g/mol. The lowest BCUT2D eigenvalue weighted by Gasteiger charge is -2.16. The number of aromatic nitrogens is 1. The van der Waals surface area contributed by atoms with Crippen LogP contribution in [0.2, 0.25) is 0 Å². The van der Waals surface area contributed by atoms with Crippen molar-refractivity contribution >= 4 is 0 Å². The van der Waals surface area contributed by atoms with Crippen LogP contribution in [0.1, 0.15) is 25.3 Å². The summed E-state index contributed by atoms with van der Waals surface area (Å²) in [6.45, 7) is 6.05. The predicted molar refractivity (Wildman–Crippen MR) is 43.7 cm³/mol. The second-order valence-electron chi connectivity index (χ2n) is 3.13. The summed E-state index contributed by atoms with van der Waals surface area (Å²) in [5, 5.41) is 14.3. The highest BCUT2D eigenvalue weighted by Gasteiger charge is 2.09. The van der Waals surface area contributed by atoms with Gasteiger partial charge in [-0.2, -0.15) is 5.06 Å². The molecule has 0 aliphatic heterocycles. The van der Waals surface area contributed by atoms with Crippen LogP contribution < -0.4 is 0 Å². The van der Waals surface area contributed by atoms with E-state index in [9.17, 15) is 5.21 Å². The summed E-state index contributed by atoms with van der Waals surface area (Å²) in [6.07, 6.45) is 0. The van der Waals surface area contributed by atoms with Gasteiger partial charge in [0.05, 0.1) is 12.2 Å². The van der Waals surface area contributed by atoms with Crippen molar-refractivity contribution in [2.24, 2.45) is 0 Å². The van der Waals surface area contributed by atoms with Gasteiger partial charge in [0.2, 0.25) is 0 Å². The molecule has 0 saturated carbocycles. The highest BCUT2D eigenvalue weighted by Crippen LogP contribution is 2.06. The number of hydrogen-bond donors (Lipinski definition) is 1. The average Bonchev–Trinajstić information content (AvgIpc) is 2.35. The first kappa shape index (κ1) is 9.22. The predicted octanol–water partition coefficient (Wildman–Crippen LogP) is 1.58. The first-order valence-electron chi connectivity index (χ1n) is 3.97. The largest absolute Gasteiger partial charge is 0.360 e. The summed E-state index contributed by atoms with van der Waals surface area (Å²) in [5.74, 6) is 0.684. The molecule has 0 atom stereocenters. The van der Waals surface area contributed by atoms with Crippen molar-refractivity contribution in [1.82, 2.24) is 10.2 Å². The molecular weight excluding hydrogens is 156 g/mol. The maximum Gasteiger partial charge on any atom is 0.153 e. The molecule has 4 nitrogen and oxygen atoms in total. The Hall–Kier alpha value is -0.870. The summed E-state index contributed by atoms with van der Waals surface area (Å²) in [5.41, 5.74) is 0.835. The van der Waals surface area contributed by atoms with Gasteiger partial charge in [0.25, 0.3) is 0 Å². The van der Waals surface area contributed by atoms with Crippen LogP contribution in [0.4, 0.5) is 0 Å². The van der Waals surface area contributed by atoms with Crippen molar-refractivity contribution in [3.8, 4) is 0 Å². The highest BCUT2D eigenvalue weighted by atomic mass is 16.5. The van der Waals surface area contributed by atoms with E-state index in [1.54, 1.807) is 0 Å². The van der Waals surface area contributed by atoms with Gasteiger partial charge in [-0.3, -0.25) is 0 Å². The van der Waals surface area contributed by atoms with Crippen LogP contribution >= 0.6 is 0 Å². The lowest BCUT2D eigenvalue weighted by molar-refractivity contribution is -0.129. The highest BCUT2D eigenvalue weighted by molar-refractivity contribution is 5.02. The third kappa shape index (κ3) is 2.32. The van der Waals surface area contributed by atoms with Gasteiger partial charge in [0.1, 0.15) is 0 Å². The van der Waals surface area contributed by atoms with Crippen LogP contribution in [0.3, 0.4) is 0 Å². The number of hydrogen-bond acceptors (Lipinski definition) is 4. The van der Waals surface area contributed by atoms with Gasteiger partial charge in [0, 0.05) is 12.1 Å². The van der Waals surface area contributed by atoms with Gasteiger partial charge >= 0.3 is 0 Å². The fourth-order valence-electron chi connectivity index (χ4n) is 0.833. The Bertz CT molecular complexity index is 245. The molecular formula is C8H14N2O2. The molecule has 0 spiro atoms. The summed E-state index contributed by atoms with van der Waals surface area (Å²) in [4.78, 5) is 0. The number of aryl methyl sites for hydroxylation is 1. The third-order valence-corrected chi connectivity index (χ3v) is 1.59. The summed E-state index contributed by atoms with van der Waals surface area (Å²) in [7, 11) is 0. The smallest absolute Gasteiger partial charge is 0.153 e. The molecule has 0 bridgehead atoms. The van der Waals surface area contributed by atoms with E-state index in [0.717, 1.165) is 5.69 Å². The Kier molecular flexibility index (Phi) is 2.83. The van der Waals surface area contributed by atoms with Crippen LogP contribution in [0.25, 0.3) is 0 Å². The Morgan fingerprint density at radius 2 is 2.33 bits per heavy atom. The van der Waals surface area contributed by atoms with E-state index in [-0.39, 0.29) is 6.04 Å². The van der Waals surface area contributed by atoms with E-state index in [1.165, 1.54) is 5.06 Å². The molecule has 1 aromatic heterocycles. The lowest BCUT2D eigenvalue weighted by Crippen LogP contribution is -2.26. The molecule has 0 saturated heterocycles. The zero-order valence-electron chi connectivity index (χ0n) is 7.61. The molecule has 1 heterocycles. The molecule has 0 radical (unpaired) electrons. The maximum absolute atomic E-state index is 9.33. The molecule has 0 aromatic carbocycles. The molecule has 0 fully saturated rings. The minimum atomic E-state index is 0.0930. The maximum atomic E-state index is 9.33. The number of rotatable bonds is 3. The quantitative estimate of drug-likeness (QED) is 0.700. The van der Waals surface area contributed by atoms with E-state index in [1.807, 2.05) is 26.8 Å². The molecule has 1 N–H and O–H groups in total. The lowest BCUT2D eigenvalue weighted by atomic mass is 10.3. The standard InChI is InChI=1S/C8H14N2O2/c1-6(2)10(11)5-8-4-7(3)9-12-8/h4,6,11H,5H2,1-3H3. The first-order valence-corrected chi connectivity index (χ1v) is 3.97. The van der Waals surface area contributed by atoms with E-state index in [2.05, 4.69) is 5.16 Å². The Labute approximate surface area is 71.7 Å². The summed E-state index contributed by atoms with van der Waals surface area (Å²) < 4.78 is 4.93. The molecule has 0 amide bonds. The van der Waals surface area contributed by atoms with Gasteiger partial charge < -0.3 is 9.73 Å². The van der Waals surface area contributed by atoms with E-state index in [0.29, 0.717) is 12.3 Å². The Morgan fingerprint density at radius 3 is 2.75 bits per heavy atom. The number of hydroxylamine groups is 2. The van der Waals surface area contributed by atoms with Gasteiger partial charge in [-0.25, -0.2) is 0 Å². The Balaban J connectivity index is 2.52. The molecule has 68 valence electrons. The van der Waals surface area contributed by atoms with Crippen molar-refractivity contribution in [3.63, 3.8) is 0 Å². The van der Waals surface area contributed by atoms with E-state index in [4.69, 9.17) is 4.52 Å². The van der Waals surface area contributed by atoms with Crippen LogP contribution in [-0.4, -0.2) is 21.5 Å². The SMILES string of the molecule is Cc1cc(CN(O)C(C)C)on1. The molecule has 0 aliphatic carbocycles. The minimum Gasteiger partial charge on any atom is -0.360 e.